The largest absolute Gasteiger partial charge is 0.365 e. The summed E-state index contributed by atoms with van der Waals surface area (Å²) in [6.45, 7) is 0.512. The highest BCUT2D eigenvalue weighted by Crippen LogP contribution is 2.35. The van der Waals surface area contributed by atoms with Gasteiger partial charge in [-0.1, -0.05) is 68.1 Å². The lowest BCUT2D eigenvalue weighted by Crippen LogP contribution is -2.42. The molecule has 0 aromatic heterocycles. The molecule has 1 saturated carbocycles. The quantitative estimate of drug-likeness (QED) is 0.531. The number of carbonyl (C=O) groups excluding carboxylic acids is 2. The van der Waals surface area contributed by atoms with Gasteiger partial charge in [0.2, 0.25) is 0 Å². The summed E-state index contributed by atoms with van der Waals surface area (Å²) in [5, 5.41) is 0. The predicted molar refractivity (Wildman–Crippen MR) is 115 cm³/mol. The van der Waals surface area contributed by atoms with Crippen LogP contribution in [0.5, 0.6) is 0 Å². The zero-order chi connectivity index (χ0) is 21.1. The lowest BCUT2D eigenvalue weighted by Gasteiger charge is -2.27. The minimum atomic E-state index is -0.365. The Balaban J connectivity index is 1.72. The van der Waals surface area contributed by atoms with Gasteiger partial charge in [0.05, 0.1) is 5.57 Å². The van der Waals surface area contributed by atoms with Crippen LogP contribution in [0.1, 0.15) is 49.7 Å². The van der Waals surface area contributed by atoms with Gasteiger partial charge in [-0.05, 0) is 36.1 Å². The number of benzene rings is 2. The molecular formula is C25H27FN2O2. The van der Waals surface area contributed by atoms with Crippen molar-refractivity contribution in [3.05, 3.63) is 77.2 Å². The van der Waals surface area contributed by atoms with Crippen LogP contribution in [0.15, 0.2) is 60.3 Å². The first kappa shape index (κ1) is 20.3. The minimum Gasteiger partial charge on any atom is -0.365 e. The van der Waals surface area contributed by atoms with Gasteiger partial charge in [-0.15, -0.1) is 0 Å². The Labute approximate surface area is 177 Å². The van der Waals surface area contributed by atoms with Crippen molar-refractivity contribution >= 4 is 17.4 Å². The summed E-state index contributed by atoms with van der Waals surface area (Å²) in [4.78, 5) is 30.4. The Kier molecular flexibility index (Phi) is 5.98. The summed E-state index contributed by atoms with van der Waals surface area (Å²) >= 11 is 0. The maximum absolute atomic E-state index is 13.5. The van der Waals surface area contributed by atoms with Crippen LogP contribution in [0.3, 0.4) is 0 Å². The molecule has 4 rings (SSSR count). The van der Waals surface area contributed by atoms with Crippen LogP contribution < -0.4 is 0 Å². The van der Waals surface area contributed by atoms with Crippen molar-refractivity contribution in [2.75, 3.05) is 7.05 Å². The van der Waals surface area contributed by atoms with Crippen molar-refractivity contribution < 1.29 is 14.0 Å². The predicted octanol–water partition coefficient (Wildman–Crippen LogP) is 4.76. The lowest BCUT2D eigenvalue weighted by atomic mass is 10.0. The van der Waals surface area contributed by atoms with Gasteiger partial charge in [0.15, 0.2) is 0 Å². The highest BCUT2D eigenvalue weighted by atomic mass is 19.1. The first-order valence-electron chi connectivity index (χ1n) is 10.7. The van der Waals surface area contributed by atoms with Gasteiger partial charge in [-0.25, -0.2) is 4.39 Å². The number of imide groups is 1. The third kappa shape index (κ3) is 4.02. The number of hydrogen-bond acceptors (Lipinski definition) is 3. The van der Waals surface area contributed by atoms with E-state index in [1.54, 1.807) is 12.1 Å². The summed E-state index contributed by atoms with van der Waals surface area (Å²) < 4.78 is 13.5. The number of hydrogen-bond donors (Lipinski definition) is 0. The highest BCUT2D eigenvalue weighted by molar-refractivity contribution is 6.35. The van der Waals surface area contributed by atoms with Crippen LogP contribution in [0.25, 0.3) is 5.57 Å². The number of rotatable bonds is 5. The van der Waals surface area contributed by atoms with E-state index < -0.39 is 0 Å². The maximum Gasteiger partial charge on any atom is 0.278 e. The number of nitrogens with zero attached hydrogens (tertiary/aromatic N) is 2. The molecule has 0 unspecified atom stereocenters. The molecule has 2 aromatic rings. The third-order valence-corrected chi connectivity index (χ3v) is 6.06. The van der Waals surface area contributed by atoms with Gasteiger partial charge >= 0.3 is 0 Å². The normalized spacial score (nSPS) is 18.1. The van der Waals surface area contributed by atoms with Gasteiger partial charge in [-0.2, -0.15) is 0 Å². The first-order valence-corrected chi connectivity index (χ1v) is 10.7. The summed E-state index contributed by atoms with van der Waals surface area (Å²) in [6, 6.07) is 15.6. The zero-order valence-electron chi connectivity index (χ0n) is 17.3. The molecule has 0 spiro atoms. The number of carbonyl (C=O) groups is 2. The second kappa shape index (κ2) is 8.82. The third-order valence-electron chi connectivity index (χ3n) is 6.06. The Bertz CT molecular complexity index is 945. The molecule has 2 amide bonds. The molecule has 1 aliphatic heterocycles. The molecule has 0 atom stereocenters. The average molecular weight is 407 g/mol. The molecule has 4 nitrogen and oxygen atoms in total. The highest BCUT2D eigenvalue weighted by Gasteiger charge is 2.44. The van der Waals surface area contributed by atoms with E-state index in [9.17, 15) is 14.0 Å². The van der Waals surface area contributed by atoms with Crippen LogP contribution >= 0.6 is 0 Å². The summed E-state index contributed by atoms with van der Waals surface area (Å²) in [7, 11) is 1.84. The van der Waals surface area contributed by atoms with Crippen LogP contribution in [0.2, 0.25) is 0 Å². The van der Waals surface area contributed by atoms with E-state index in [0.29, 0.717) is 23.4 Å². The molecule has 1 aliphatic carbocycles. The topological polar surface area (TPSA) is 40.6 Å². The molecule has 1 fully saturated rings. The van der Waals surface area contributed by atoms with E-state index in [2.05, 4.69) is 0 Å². The summed E-state index contributed by atoms with van der Waals surface area (Å²) in [5.41, 5.74) is 2.42. The second-order valence-corrected chi connectivity index (χ2v) is 8.20. The molecule has 2 aliphatic rings. The average Bonchev–Trinajstić information content (AvgIpc) is 2.91. The van der Waals surface area contributed by atoms with Crippen LogP contribution in [0, 0.1) is 5.82 Å². The minimum absolute atomic E-state index is 0.0643. The summed E-state index contributed by atoms with van der Waals surface area (Å²) in [5.74, 6) is -0.853. The number of halogens is 1. The molecule has 5 heteroatoms. The Morgan fingerprint density at radius 1 is 0.900 bits per heavy atom. The van der Waals surface area contributed by atoms with E-state index in [1.807, 2.05) is 42.3 Å². The van der Waals surface area contributed by atoms with Gasteiger partial charge in [0.1, 0.15) is 11.5 Å². The molecule has 0 radical (unpaired) electrons. The van der Waals surface area contributed by atoms with Crippen molar-refractivity contribution in [3.63, 3.8) is 0 Å². The Morgan fingerprint density at radius 2 is 1.53 bits per heavy atom. The maximum atomic E-state index is 13.5. The fourth-order valence-electron chi connectivity index (χ4n) is 4.55. The van der Waals surface area contributed by atoms with Crippen LogP contribution in [0.4, 0.5) is 4.39 Å². The summed E-state index contributed by atoms with van der Waals surface area (Å²) in [6.07, 6.45) is 6.05. The van der Waals surface area contributed by atoms with Crippen LogP contribution in [-0.2, 0) is 16.1 Å². The molecule has 1 heterocycles. The van der Waals surface area contributed by atoms with E-state index >= 15 is 0 Å². The molecule has 0 bridgehead atoms. The van der Waals surface area contributed by atoms with Crippen molar-refractivity contribution in [2.45, 2.75) is 51.1 Å². The van der Waals surface area contributed by atoms with Crippen LogP contribution in [-0.4, -0.2) is 34.7 Å². The second-order valence-electron chi connectivity index (χ2n) is 8.20. The zero-order valence-corrected chi connectivity index (χ0v) is 17.3. The van der Waals surface area contributed by atoms with Gasteiger partial charge in [0, 0.05) is 19.6 Å². The van der Waals surface area contributed by atoms with Gasteiger partial charge < -0.3 is 4.90 Å². The van der Waals surface area contributed by atoms with E-state index in [4.69, 9.17) is 0 Å². The van der Waals surface area contributed by atoms with Crippen molar-refractivity contribution in [1.29, 1.82) is 0 Å². The Morgan fingerprint density at radius 3 is 2.17 bits per heavy atom. The first-order chi connectivity index (χ1) is 14.6. The molecular weight excluding hydrogens is 379 g/mol. The lowest BCUT2D eigenvalue weighted by molar-refractivity contribution is -0.140. The van der Waals surface area contributed by atoms with E-state index in [1.165, 1.54) is 17.0 Å². The monoisotopic (exact) mass is 406 g/mol. The molecule has 0 N–H and O–H groups in total. The number of likely N-dealkylation sites (N-methyl/N-ethyl adjacent to an activating group) is 1. The fourth-order valence-corrected chi connectivity index (χ4v) is 4.55. The van der Waals surface area contributed by atoms with Crippen molar-refractivity contribution in [2.24, 2.45) is 0 Å². The van der Waals surface area contributed by atoms with E-state index in [-0.39, 0.29) is 23.7 Å². The van der Waals surface area contributed by atoms with Crippen molar-refractivity contribution in [3.8, 4) is 0 Å². The standard InChI is InChI=1S/C25H27FN2O2/c1-27(17-18-9-5-4-6-10-18)23-22(19-13-15-20(26)16-14-19)24(29)28(25(23)30)21-11-7-2-3-8-12-21/h4-6,9-10,13-16,21H,2-3,7-8,11-12,17H2,1H3. The fraction of sp³-hybridized carbons (Fsp3) is 0.360. The molecule has 156 valence electrons. The smallest absolute Gasteiger partial charge is 0.278 e. The Hall–Kier alpha value is -2.95. The van der Waals surface area contributed by atoms with Crippen molar-refractivity contribution in [1.82, 2.24) is 9.80 Å². The molecule has 0 saturated heterocycles. The number of amides is 2. The molecule has 30 heavy (non-hydrogen) atoms. The molecule has 2 aromatic carbocycles. The SMILES string of the molecule is CN(Cc1ccccc1)C1=C(c2ccc(F)cc2)C(=O)N(C2CCCCCC2)C1=O. The van der Waals surface area contributed by atoms with Gasteiger partial charge in [-0.3, -0.25) is 14.5 Å². The van der Waals surface area contributed by atoms with E-state index in [0.717, 1.165) is 44.1 Å². The van der Waals surface area contributed by atoms with Gasteiger partial charge in [0.25, 0.3) is 11.8 Å².